The Balaban J connectivity index is 2.02. The maximum Gasteiger partial charge on any atom is 0.228 e. The smallest absolute Gasteiger partial charge is 0.228 e. The molecule has 4 heteroatoms. The molecule has 0 unspecified atom stereocenters. The number of thioether (sulfide) groups is 1. The number of nitrogens with one attached hydrogen (secondary N) is 1. The Labute approximate surface area is 129 Å². The number of carbonyl (C=O) groups excluding carboxylic acids is 1. The van der Waals surface area contributed by atoms with Crippen molar-refractivity contribution in [1.29, 1.82) is 0 Å². The van der Waals surface area contributed by atoms with E-state index in [-0.39, 0.29) is 5.91 Å². The average molecular weight is 298 g/mol. The maximum atomic E-state index is 12.1. The van der Waals surface area contributed by atoms with Crippen LogP contribution in [-0.2, 0) is 11.2 Å². The van der Waals surface area contributed by atoms with Crippen molar-refractivity contribution >= 4 is 29.0 Å². The van der Waals surface area contributed by atoms with Gasteiger partial charge in [0.15, 0.2) is 0 Å². The van der Waals surface area contributed by atoms with Crippen LogP contribution in [0, 0.1) is 0 Å². The summed E-state index contributed by atoms with van der Waals surface area (Å²) in [6.07, 6.45) is 2.18. The van der Waals surface area contributed by atoms with Crippen molar-refractivity contribution < 1.29 is 4.79 Å². The largest absolute Gasteiger partial charge is 0.399 e. The molecule has 0 heterocycles. The molecule has 0 aromatic heterocycles. The maximum absolute atomic E-state index is 12.1. The molecule has 0 saturated carbocycles. The number of para-hydroxylation sites is 1. The Morgan fingerprint density at radius 3 is 2.62 bits per heavy atom. The molecular formula is C17H18N2OS. The normalized spacial score (nSPS) is 10.1. The lowest BCUT2D eigenvalue weighted by Crippen LogP contribution is -2.14. The zero-order valence-electron chi connectivity index (χ0n) is 11.7. The minimum Gasteiger partial charge on any atom is -0.399 e. The van der Waals surface area contributed by atoms with Crippen molar-refractivity contribution in [2.45, 2.75) is 11.3 Å². The molecule has 3 nitrogen and oxygen atoms in total. The SMILES string of the molecule is C=CCSc1ccccc1NC(=O)Cc1ccc(N)cc1. The molecule has 1 amide bonds. The summed E-state index contributed by atoms with van der Waals surface area (Å²) in [5, 5.41) is 2.96. The second-order valence-electron chi connectivity index (χ2n) is 4.56. The summed E-state index contributed by atoms with van der Waals surface area (Å²) in [6.45, 7) is 3.71. The topological polar surface area (TPSA) is 55.1 Å². The summed E-state index contributed by atoms with van der Waals surface area (Å²) < 4.78 is 0. The number of hydrogen-bond donors (Lipinski definition) is 2. The Bertz CT molecular complexity index is 623. The Kier molecular flexibility index (Phi) is 5.46. The van der Waals surface area contributed by atoms with Gasteiger partial charge in [-0.1, -0.05) is 30.3 Å². The molecule has 0 radical (unpaired) electrons. The summed E-state index contributed by atoms with van der Waals surface area (Å²) in [5.41, 5.74) is 8.12. The van der Waals surface area contributed by atoms with Gasteiger partial charge in [0.1, 0.15) is 0 Å². The van der Waals surface area contributed by atoms with Crippen LogP contribution in [0.5, 0.6) is 0 Å². The first kappa shape index (κ1) is 15.2. The van der Waals surface area contributed by atoms with E-state index in [9.17, 15) is 4.79 Å². The molecule has 0 saturated heterocycles. The minimum atomic E-state index is -0.0357. The van der Waals surface area contributed by atoms with E-state index in [1.54, 1.807) is 23.9 Å². The van der Waals surface area contributed by atoms with E-state index in [1.807, 2.05) is 42.5 Å². The summed E-state index contributed by atoms with van der Waals surface area (Å²) in [5.74, 6) is 0.775. The van der Waals surface area contributed by atoms with E-state index in [0.717, 1.165) is 21.9 Å². The van der Waals surface area contributed by atoms with Crippen LogP contribution in [0.25, 0.3) is 0 Å². The first-order valence-corrected chi connectivity index (χ1v) is 7.64. The molecule has 2 aromatic rings. The summed E-state index contributed by atoms with van der Waals surface area (Å²) in [7, 11) is 0. The van der Waals surface area contributed by atoms with Crippen molar-refractivity contribution in [3.05, 3.63) is 66.7 Å². The lowest BCUT2D eigenvalue weighted by Gasteiger charge is -2.10. The standard InChI is InChI=1S/C17H18N2OS/c1-2-11-21-16-6-4-3-5-15(16)19-17(20)12-13-7-9-14(18)10-8-13/h2-10H,1,11-12,18H2,(H,19,20). The molecule has 0 fully saturated rings. The first-order chi connectivity index (χ1) is 10.2. The van der Waals surface area contributed by atoms with Gasteiger partial charge in [-0.2, -0.15) is 0 Å². The summed E-state index contributed by atoms with van der Waals surface area (Å²) in [6, 6.07) is 15.1. The molecule has 0 aliphatic rings. The first-order valence-electron chi connectivity index (χ1n) is 6.66. The van der Waals surface area contributed by atoms with E-state index in [0.29, 0.717) is 12.1 Å². The van der Waals surface area contributed by atoms with Crippen LogP contribution in [0.1, 0.15) is 5.56 Å². The average Bonchev–Trinajstić information content (AvgIpc) is 2.49. The fourth-order valence-corrected chi connectivity index (χ4v) is 2.61. The van der Waals surface area contributed by atoms with Crippen molar-refractivity contribution in [1.82, 2.24) is 0 Å². The molecule has 0 atom stereocenters. The van der Waals surface area contributed by atoms with Gasteiger partial charge in [-0.15, -0.1) is 18.3 Å². The van der Waals surface area contributed by atoms with E-state index in [1.165, 1.54) is 0 Å². The van der Waals surface area contributed by atoms with Crippen LogP contribution in [0.2, 0.25) is 0 Å². The Morgan fingerprint density at radius 1 is 1.19 bits per heavy atom. The lowest BCUT2D eigenvalue weighted by atomic mass is 10.1. The quantitative estimate of drug-likeness (QED) is 0.485. The van der Waals surface area contributed by atoms with E-state index >= 15 is 0 Å². The number of anilines is 2. The fraction of sp³-hybridized carbons (Fsp3) is 0.118. The van der Waals surface area contributed by atoms with Crippen LogP contribution >= 0.6 is 11.8 Å². The third-order valence-electron chi connectivity index (χ3n) is 2.86. The van der Waals surface area contributed by atoms with Crippen LogP contribution in [0.4, 0.5) is 11.4 Å². The predicted octanol–water partition coefficient (Wildman–Crippen LogP) is 3.73. The molecule has 2 aromatic carbocycles. The van der Waals surface area contributed by atoms with Crippen molar-refractivity contribution in [2.75, 3.05) is 16.8 Å². The van der Waals surface area contributed by atoms with Gasteiger partial charge in [-0.3, -0.25) is 4.79 Å². The van der Waals surface area contributed by atoms with Gasteiger partial charge >= 0.3 is 0 Å². The fourth-order valence-electron chi connectivity index (χ4n) is 1.86. The van der Waals surface area contributed by atoms with Gasteiger partial charge in [0.2, 0.25) is 5.91 Å². The van der Waals surface area contributed by atoms with Crippen LogP contribution in [-0.4, -0.2) is 11.7 Å². The molecule has 0 bridgehead atoms. The predicted molar refractivity (Wildman–Crippen MR) is 90.6 cm³/mol. The third kappa shape index (κ3) is 4.68. The number of benzene rings is 2. The highest BCUT2D eigenvalue weighted by Gasteiger charge is 2.07. The highest BCUT2D eigenvalue weighted by atomic mass is 32.2. The Hall–Kier alpha value is -2.20. The molecule has 21 heavy (non-hydrogen) atoms. The van der Waals surface area contributed by atoms with Gasteiger partial charge in [-0.05, 0) is 29.8 Å². The third-order valence-corrected chi connectivity index (χ3v) is 3.93. The van der Waals surface area contributed by atoms with Gasteiger partial charge in [0.05, 0.1) is 12.1 Å². The number of carbonyl (C=O) groups is 1. The zero-order valence-corrected chi connectivity index (χ0v) is 12.5. The summed E-state index contributed by atoms with van der Waals surface area (Å²) >= 11 is 1.65. The molecule has 0 spiro atoms. The number of nitrogen functional groups attached to an aromatic ring is 1. The second-order valence-corrected chi connectivity index (χ2v) is 5.62. The van der Waals surface area contributed by atoms with E-state index in [4.69, 9.17) is 5.73 Å². The van der Waals surface area contributed by atoms with Crippen LogP contribution in [0.3, 0.4) is 0 Å². The van der Waals surface area contributed by atoms with Crippen molar-refractivity contribution in [2.24, 2.45) is 0 Å². The van der Waals surface area contributed by atoms with Gasteiger partial charge in [0, 0.05) is 16.3 Å². The molecule has 2 rings (SSSR count). The van der Waals surface area contributed by atoms with Crippen molar-refractivity contribution in [3.8, 4) is 0 Å². The second kappa shape index (κ2) is 7.55. The van der Waals surface area contributed by atoms with Crippen LogP contribution < -0.4 is 11.1 Å². The summed E-state index contributed by atoms with van der Waals surface area (Å²) in [4.78, 5) is 13.2. The molecule has 0 aliphatic heterocycles. The molecule has 0 aliphatic carbocycles. The highest BCUT2D eigenvalue weighted by molar-refractivity contribution is 7.99. The zero-order chi connectivity index (χ0) is 15.1. The highest BCUT2D eigenvalue weighted by Crippen LogP contribution is 2.27. The van der Waals surface area contributed by atoms with E-state index in [2.05, 4.69) is 11.9 Å². The molecule has 3 N–H and O–H groups in total. The number of nitrogens with two attached hydrogens (primary N) is 1. The van der Waals surface area contributed by atoms with Crippen LogP contribution in [0.15, 0.2) is 66.1 Å². The molecular weight excluding hydrogens is 280 g/mol. The number of hydrogen-bond acceptors (Lipinski definition) is 3. The number of rotatable bonds is 6. The van der Waals surface area contributed by atoms with E-state index < -0.39 is 0 Å². The Morgan fingerprint density at radius 2 is 1.90 bits per heavy atom. The van der Waals surface area contributed by atoms with Gasteiger partial charge < -0.3 is 11.1 Å². The monoisotopic (exact) mass is 298 g/mol. The van der Waals surface area contributed by atoms with Gasteiger partial charge in [0.25, 0.3) is 0 Å². The minimum absolute atomic E-state index is 0.0357. The lowest BCUT2D eigenvalue weighted by molar-refractivity contribution is -0.115. The van der Waals surface area contributed by atoms with Crippen molar-refractivity contribution in [3.63, 3.8) is 0 Å². The number of amides is 1. The molecule has 108 valence electrons. The van der Waals surface area contributed by atoms with Gasteiger partial charge in [-0.25, -0.2) is 0 Å².